The molecule has 1 N–H and O–H groups in total. The van der Waals surface area contributed by atoms with Gasteiger partial charge >= 0.3 is 6.03 Å². The molecule has 2 aliphatic rings. The van der Waals surface area contributed by atoms with Crippen molar-refractivity contribution >= 4 is 51.6 Å². The second kappa shape index (κ2) is 9.42. The lowest BCUT2D eigenvalue weighted by Gasteiger charge is -2.42. The number of carbonyl (C=O) groups excluding carboxylic acids is 2. The topological polar surface area (TPSA) is 68.2 Å². The van der Waals surface area contributed by atoms with Gasteiger partial charge in [-0.05, 0) is 63.7 Å². The van der Waals surface area contributed by atoms with Crippen molar-refractivity contribution in [1.29, 1.82) is 0 Å². The van der Waals surface area contributed by atoms with E-state index >= 15 is 0 Å². The molecule has 0 spiro atoms. The lowest BCUT2D eigenvalue weighted by molar-refractivity contribution is -0.122. The molecule has 2 heterocycles. The standard InChI is InChI=1S/C21H30IN5O2/c1-5-6-9-26-17-12-15(13-22)14(2)11-16(17)23-18-19(26)24-21(29)27(20(18)28)10-7-8-25(3)4/h11-12,19H,5-10,13H2,1-4H3,(H,24,29). The lowest BCUT2D eigenvalue weighted by Crippen LogP contribution is -2.67. The summed E-state index contributed by atoms with van der Waals surface area (Å²) in [6, 6.07) is 3.89. The zero-order valence-corrected chi connectivity index (χ0v) is 19.8. The van der Waals surface area contributed by atoms with E-state index in [1.54, 1.807) is 0 Å². The van der Waals surface area contributed by atoms with Gasteiger partial charge < -0.3 is 15.1 Å². The molecular formula is C21H30IN5O2. The molecule has 1 saturated heterocycles. The molecule has 0 aromatic heterocycles. The molecule has 1 aromatic rings. The van der Waals surface area contributed by atoms with Gasteiger partial charge in [0.2, 0.25) is 0 Å². The van der Waals surface area contributed by atoms with Crippen molar-refractivity contribution in [3.05, 3.63) is 23.3 Å². The second-order valence-corrected chi connectivity index (χ2v) is 8.67. The summed E-state index contributed by atoms with van der Waals surface area (Å²) < 4.78 is 0.907. The maximum Gasteiger partial charge on any atom is 0.326 e. The quantitative estimate of drug-likeness (QED) is 0.429. The molecule has 1 aromatic carbocycles. The van der Waals surface area contributed by atoms with Crippen molar-refractivity contribution in [2.75, 3.05) is 38.6 Å². The van der Waals surface area contributed by atoms with Crippen LogP contribution in [0.25, 0.3) is 0 Å². The number of nitrogens with one attached hydrogen (secondary N) is 1. The van der Waals surface area contributed by atoms with Crippen molar-refractivity contribution < 1.29 is 9.59 Å². The summed E-state index contributed by atoms with van der Waals surface area (Å²) in [5.41, 5.74) is 4.66. The summed E-state index contributed by atoms with van der Waals surface area (Å²) >= 11 is 2.36. The normalized spacial score (nSPS) is 18.6. The SMILES string of the molecule is CCCCN1c2cc(CI)c(C)cc2N=C2C(=O)N(CCCN(C)C)C(=O)NC21. The van der Waals surface area contributed by atoms with Gasteiger partial charge in [-0.1, -0.05) is 35.9 Å². The Bertz CT molecular complexity index is 824. The molecule has 3 rings (SSSR count). The predicted octanol–water partition coefficient (Wildman–Crippen LogP) is 3.45. The number of rotatable bonds is 8. The molecule has 0 bridgehead atoms. The van der Waals surface area contributed by atoms with E-state index in [2.05, 4.69) is 58.8 Å². The number of benzene rings is 1. The molecule has 0 radical (unpaired) electrons. The van der Waals surface area contributed by atoms with Crippen LogP contribution >= 0.6 is 22.6 Å². The monoisotopic (exact) mass is 511 g/mol. The molecule has 8 heteroatoms. The first-order valence-corrected chi connectivity index (χ1v) is 11.7. The first-order valence-electron chi connectivity index (χ1n) is 10.2. The number of aryl methyl sites for hydroxylation is 1. The van der Waals surface area contributed by atoms with Crippen LogP contribution < -0.4 is 10.2 Å². The fourth-order valence-corrected chi connectivity index (χ4v) is 4.55. The molecule has 158 valence electrons. The van der Waals surface area contributed by atoms with E-state index in [0.29, 0.717) is 12.3 Å². The smallest absolute Gasteiger partial charge is 0.326 e. The van der Waals surface area contributed by atoms with Crippen molar-refractivity contribution in [2.45, 2.75) is 43.7 Å². The molecular weight excluding hydrogens is 481 g/mol. The first-order chi connectivity index (χ1) is 13.9. The summed E-state index contributed by atoms with van der Waals surface area (Å²) in [4.78, 5) is 36.1. The second-order valence-electron chi connectivity index (χ2n) is 7.91. The average molecular weight is 511 g/mol. The van der Waals surface area contributed by atoms with Gasteiger partial charge in [0.25, 0.3) is 5.91 Å². The van der Waals surface area contributed by atoms with Gasteiger partial charge in [-0.3, -0.25) is 9.69 Å². The van der Waals surface area contributed by atoms with E-state index < -0.39 is 6.17 Å². The summed E-state index contributed by atoms with van der Waals surface area (Å²) in [6.07, 6.45) is 2.25. The van der Waals surface area contributed by atoms with Gasteiger partial charge in [-0.2, -0.15) is 0 Å². The molecule has 0 saturated carbocycles. The Kier molecular flexibility index (Phi) is 7.15. The highest BCUT2D eigenvalue weighted by Crippen LogP contribution is 2.38. The van der Waals surface area contributed by atoms with Crippen LogP contribution in [0.3, 0.4) is 0 Å². The summed E-state index contributed by atoms with van der Waals surface area (Å²) in [7, 11) is 3.96. The molecule has 1 fully saturated rings. The van der Waals surface area contributed by atoms with Crippen molar-refractivity contribution in [1.82, 2.24) is 15.1 Å². The number of aliphatic imine (C=N–C) groups is 1. The van der Waals surface area contributed by atoms with Crippen molar-refractivity contribution in [3.8, 4) is 0 Å². The summed E-state index contributed by atoms with van der Waals surface area (Å²) in [5, 5.41) is 3.03. The number of imide groups is 1. The van der Waals surface area contributed by atoms with Crippen molar-refractivity contribution in [2.24, 2.45) is 4.99 Å². The Morgan fingerprint density at radius 1 is 1.21 bits per heavy atom. The maximum atomic E-state index is 13.2. The van der Waals surface area contributed by atoms with Crippen LogP contribution in [0.15, 0.2) is 17.1 Å². The number of carbonyl (C=O) groups is 2. The Labute approximate surface area is 186 Å². The average Bonchev–Trinajstić information content (AvgIpc) is 2.68. The summed E-state index contributed by atoms with van der Waals surface area (Å²) in [5.74, 6) is -0.278. The van der Waals surface area contributed by atoms with Gasteiger partial charge in [0.1, 0.15) is 5.71 Å². The highest BCUT2D eigenvalue weighted by molar-refractivity contribution is 14.1. The van der Waals surface area contributed by atoms with Gasteiger partial charge in [0, 0.05) is 17.5 Å². The van der Waals surface area contributed by atoms with E-state index in [9.17, 15) is 9.59 Å². The molecule has 2 aliphatic heterocycles. The van der Waals surface area contributed by atoms with Crippen LogP contribution in [-0.2, 0) is 9.22 Å². The van der Waals surface area contributed by atoms with Gasteiger partial charge in [-0.25, -0.2) is 9.79 Å². The maximum absolute atomic E-state index is 13.2. The molecule has 7 nitrogen and oxygen atoms in total. The number of urea groups is 1. The summed E-state index contributed by atoms with van der Waals surface area (Å²) in [6.45, 7) is 6.20. The molecule has 1 unspecified atom stereocenters. The predicted molar refractivity (Wildman–Crippen MR) is 125 cm³/mol. The number of alkyl halides is 1. The third-order valence-corrected chi connectivity index (χ3v) is 6.23. The number of hydrogen-bond donors (Lipinski definition) is 1. The zero-order valence-electron chi connectivity index (χ0n) is 17.7. The number of unbranched alkanes of at least 4 members (excludes halogenated alkanes) is 1. The van der Waals surface area contributed by atoms with Gasteiger partial charge in [0.15, 0.2) is 6.17 Å². The Morgan fingerprint density at radius 3 is 2.62 bits per heavy atom. The van der Waals surface area contributed by atoms with Crippen LogP contribution in [-0.4, -0.2) is 67.3 Å². The van der Waals surface area contributed by atoms with Crippen LogP contribution in [0.5, 0.6) is 0 Å². The van der Waals surface area contributed by atoms with Gasteiger partial charge in [0.05, 0.1) is 11.4 Å². The zero-order chi connectivity index (χ0) is 21.1. The fourth-order valence-electron chi connectivity index (χ4n) is 3.73. The highest BCUT2D eigenvalue weighted by atomic mass is 127. The third kappa shape index (κ3) is 4.58. The number of fused-ring (bicyclic) bond motifs is 2. The minimum atomic E-state index is -0.496. The Hall–Kier alpha value is -1.68. The van der Waals surface area contributed by atoms with Crippen LogP contribution in [0.4, 0.5) is 16.2 Å². The lowest BCUT2D eigenvalue weighted by atomic mass is 10.0. The highest BCUT2D eigenvalue weighted by Gasteiger charge is 2.43. The van der Waals surface area contributed by atoms with Gasteiger partial charge in [-0.15, -0.1) is 0 Å². The van der Waals surface area contributed by atoms with Crippen LogP contribution in [0, 0.1) is 6.92 Å². The number of nitrogens with zero attached hydrogens (tertiary/aromatic N) is 4. The molecule has 3 amide bonds. The van der Waals surface area contributed by atoms with E-state index in [4.69, 9.17) is 4.99 Å². The van der Waals surface area contributed by atoms with Crippen LogP contribution in [0.2, 0.25) is 0 Å². The number of hydrogen-bond acceptors (Lipinski definition) is 5. The number of halogens is 1. The van der Waals surface area contributed by atoms with E-state index in [1.165, 1.54) is 16.0 Å². The van der Waals surface area contributed by atoms with Crippen LogP contribution in [0.1, 0.15) is 37.3 Å². The largest absolute Gasteiger partial charge is 0.344 e. The minimum Gasteiger partial charge on any atom is -0.344 e. The Morgan fingerprint density at radius 2 is 1.97 bits per heavy atom. The molecule has 29 heavy (non-hydrogen) atoms. The van der Waals surface area contributed by atoms with E-state index in [1.807, 2.05) is 19.0 Å². The van der Waals surface area contributed by atoms with E-state index in [0.717, 1.165) is 48.2 Å². The minimum absolute atomic E-state index is 0.278. The molecule has 0 aliphatic carbocycles. The Balaban J connectivity index is 1.96. The van der Waals surface area contributed by atoms with Crippen molar-refractivity contribution in [3.63, 3.8) is 0 Å². The number of anilines is 1. The third-order valence-electron chi connectivity index (χ3n) is 5.41. The first kappa shape index (κ1) is 22.0. The number of amides is 3. The fraction of sp³-hybridized carbons (Fsp3) is 0.571. The molecule has 1 atom stereocenters. The van der Waals surface area contributed by atoms with E-state index in [-0.39, 0.29) is 11.9 Å².